The first-order valence-corrected chi connectivity index (χ1v) is 14.3. The van der Waals surface area contributed by atoms with Gasteiger partial charge in [0.15, 0.2) is 0 Å². The van der Waals surface area contributed by atoms with Crippen molar-refractivity contribution in [1.82, 2.24) is 19.6 Å². The van der Waals surface area contributed by atoms with Crippen molar-refractivity contribution in [2.45, 2.75) is 64.3 Å². The summed E-state index contributed by atoms with van der Waals surface area (Å²) in [6.07, 6.45) is 3.98. The van der Waals surface area contributed by atoms with Gasteiger partial charge in [0.1, 0.15) is 0 Å². The van der Waals surface area contributed by atoms with Gasteiger partial charge in [0.25, 0.3) is 0 Å². The molecule has 1 amide bonds. The molecule has 184 valence electrons. The number of piperidine rings is 2. The fourth-order valence-electron chi connectivity index (χ4n) is 6.26. The monoisotopic (exact) mass is 476 g/mol. The standard InChI is InChI=1S/C25H40N4O3S/c1-4-27(5-2)25(30)24-19(3)26-29-16-13-22(17-23(24)29)21-11-14-28(15-12-21)33(31,32)18-20-9-7-6-8-10-20/h6-10,19,21-24,26H,4-5,11-18H2,1-3H3. The zero-order chi connectivity index (χ0) is 23.6. The van der Waals surface area contributed by atoms with Gasteiger partial charge >= 0.3 is 0 Å². The number of carbonyl (C=O) groups excluding carboxylic acids is 1. The summed E-state index contributed by atoms with van der Waals surface area (Å²) in [5.41, 5.74) is 4.41. The Labute approximate surface area is 199 Å². The van der Waals surface area contributed by atoms with E-state index in [1.165, 1.54) is 0 Å². The highest BCUT2D eigenvalue weighted by atomic mass is 32.2. The molecule has 0 spiro atoms. The van der Waals surface area contributed by atoms with Gasteiger partial charge in [-0.05, 0) is 63.9 Å². The van der Waals surface area contributed by atoms with E-state index < -0.39 is 10.0 Å². The van der Waals surface area contributed by atoms with Crippen LogP contribution in [0, 0.1) is 17.8 Å². The molecular weight excluding hydrogens is 436 g/mol. The quantitative estimate of drug-likeness (QED) is 0.655. The summed E-state index contributed by atoms with van der Waals surface area (Å²) >= 11 is 0. The second-order valence-electron chi connectivity index (χ2n) is 9.98. The molecule has 3 heterocycles. The van der Waals surface area contributed by atoms with E-state index in [1.54, 1.807) is 4.31 Å². The van der Waals surface area contributed by atoms with Crippen LogP contribution in [0.25, 0.3) is 0 Å². The van der Waals surface area contributed by atoms with E-state index >= 15 is 0 Å². The van der Waals surface area contributed by atoms with Gasteiger partial charge in [-0.1, -0.05) is 30.3 Å². The second-order valence-corrected chi connectivity index (χ2v) is 11.9. The molecule has 1 N–H and O–H groups in total. The first kappa shape index (κ1) is 24.6. The minimum Gasteiger partial charge on any atom is -0.343 e. The molecule has 0 radical (unpaired) electrons. The zero-order valence-corrected chi connectivity index (χ0v) is 21.1. The lowest BCUT2D eigenvalue weighted by Crippen LogP contribution is -2.50. The lowest BCUT2D eigenvalue weighted by atomic mass is 9.74. The molecule has 1 aromatic carbocycles. The van der Waals surface area contributed by atoms with Crippen molar-refractivity contribution in [1.29, 1.82) is 0 Å². The zero-order valence-electron chi connectivity index (χ0n) is 20.3. The predicted molar refractivity (Wildman–Crippen MR) is 131 cm³/mol. The molecule has 4 rings (SSSR count). The molecule has 0 aliphatic carbocycles. The van der Waals surface area contributed by atoms with Crippen molar-refractivity contribution in [3.05, 3.63) is 35.9 Å². The number of benzene rings is 1. The Bertz CT molecular complexity index is 897. The molecule has 0 bridgehead atoms. The van der Waals surface area contributed by atoms with Crippen molar-refractivity contribution in [3.63, 3.8) is 0 Å². The molecule has 4 atom stereocenters. The molecule has 1 aromatic rings. The van der Waals surface area contributed by atoms with E-state index in [2.05, 4.69) is 31.2 Å². The molecule has 33 heavy (non-hydrogen) atoms. The summed E-state index contributed by atoms with van der Waals surface area (Å²) in [5, 5.41) is 2.31. The van der Waals surface area contributed by atoms with E-state index in [-0.39, 0.29) is 29.7 Å². The van der Waals surface area contributed by atoms with Crippen molar-refractivity contribution in [2.24, 2.45) is 17.8 Å². The fourth-order valence-corrected chi connectivity index (χ4v) is 7.82. The van der Waals surface area contributed by atoms with Crippen LogP contribution < -0.4 is 5.43 Å². The highest BCUT2D eigenvalue weighted by molar-refractivity contribution is 7.88. The van der Waals surface area contributed by atoms with E-state index in [0.717, 1.165) is 50.9 Å². The number of sulfonamides is 1. The maximum absolute atomic E-state index is 13.2. The fraction of sp³-hybridized carbons (Fsp3) is 0.720. The van der Waals surface area contributed by atoms with Gasteiger partial charge in [0, 0.05) is 44.8 Å². The lowest BCUT2D eigenvalue weighted by molar-refractivity contribution is -0.136. The smallest absolute Gasteiger partial charge is 0.228 e. The van der Waals surface area contributed by atoms with Crippen LogP contribution in [0.2, 0.25) is 0 Å². The molecule has 0 aromatic heterocycles. The Hall–Kier alpha value is -1.48. The van der Waals surface area contributed by atoms with Crippen LogP contribution >= 0.6 is 0 Å². The van der Waals surface area contributed by atoms with Crippen molar-refractivity contribution in [3.8, 4) is 0 Å². The number of hydrogen-bond donors (Lipinski definition) is 1. The predicted octanol–water partition coefficient (Wildman–Crippen LogP) is 2.70. The lowest BCUT2D eigenvalue weighted by Gasteiger charge is -2.42. The number of nitrogens with one attached hydrogen (secondary N) is 1. The molecule has 3 aliphatic rings. The maximum atomic E-state index is 13.2. The van der Waals surface area contributed by atoms with E-state index in [9.17, 15) is 13.2 Å². The molecule has 3 saturated heterocycles. The van der Waals surface area contributed by atoms with Crippen LogP contribution in [0.3, 0.4) is 0 Å². The van der Waals surface area contributed by atoms with Gasteiger partial charge in [-0.15, -0.1) is 0 Å². The van der Waals surface area contributed by atoms with Crippen LogP contribution in [0.1, 0.15) is 52.0 Å². The first-order valence-electron chi connectivity index (χ1n) is 12.7. The van der Waals surface area contributed by atoms with Crippen molar-refractivity contribution < 1.29 is 13.2 Å². The molecule has 3 aliphatic heterocycles. The number of nitrogens with zero attached hydrogens (tertiary/aromatic N) is 3. The largest absolute Gasteiger partial charge is 0.343 e. The van der Waals surface area contributed by atoms with Gasteiger partial charge in [-0.25, -0.2) is 17.7 Å². The molecule has 7 nitrogen and oxygen atoms in total. The molecular formula is C25H40N4O3S. The summed E-state index contributed by atoms with van der Waals surface area (Å²) in [5.74, 6) is 1.45. The van der Waals surface area contributed by atoms with Crippen LogP contribution in [-0.2, 0) is 20.6 Å². The van der Waals surface area contributed by atoms with Gasteiger partial charge in [0.05, 0.1) is 11.7 Å². The Morgan fingerprint density at radius 3 is 2.30 bits per heavy atom. The maximum Gasteiger partial charge on any atom is 0.228 e. The van der Waals surface area contributed by atoms with Crippen LogP contribution in [0.15, 0.2) is 30.3 Å². The van der Waals surface area contributed by atoms with E-state index in [0.29, 0.717) is 24.9 Å². The third kappa shape index (κ3) is 5.29. The first-order chi connectivity index (χ1) is 15.8. The Kier molecular flexibility index (Phi) is 7.78. The third-order valence-electron chi connectivity index (χ3n) is 8.12. The van der Waals surface area contributed by atoms with Crippen LogP contribution in [-0.4, -0.2) is 73.3 Å². The van der Waals surface area contributed by atoms with Gasteiger partial charge < -0.3 is 4.90 Å². The molecule has 8 heteroatoms. The number of carbonyl (C=O) groups is 1. The van der Waals surface area contributed by atoms with Gasteiger partial charge in [-0.2, -0.15) is 0 Å². The number of fused-ring (bicyclic) bond motifs is 1. The number of amides is 1. The Balaban J connectivity index is 1.36. The van der Waals surface area contributed by atoms with E-state index in [1.807, 2.05) is 35.2 Å². The molecule has 0 saturated carbocycles. The summed E-state index contributed by atoms with van der Waals surface area (Å²) in [7, 11) is -3.28. The summed E-state index contributed by atoms with van der Waals surface area (Å²) in [6, 6.07) is 9.85. The van der Waals surface area contributed by atoms with Crippen molar-refractivity contribution in [2.75, 3.05) is 32.7 Å². The van der Waals surface area contributed by atoms with E-state index in [4.69, 9.17) is 0 Å². The second kappa shape index (κ2) is 10.4. The van der Waals surface area contributed by atoms with Gasteiger partial charge in [0.2, 0.25) is 15.9 Å². The van der Waals surface area contributed by atoms with Gasteiger partial charge in [-0.3, -0.25) is 10.2 Å². The number of rotatable bonds is 7. The topological polar surface area (TPSA) is 73.0 Å². The average Bonchev–Trinajstić information content (AvgIpc) is 3.15. The Morgan fingerprint density at radius 1 is 1.03 bits per heavy atom. The normalized spacial score (nSPS) is 29.7. The minimum absolute atomic E-state index is 0.000890. The summed E-state index contributed by atoms with van der Waals surface area (Å²) in [6.45, 7) is 9.94. The average molecular weight is 477 g/mol. The summed E-state index contributed by atoms with van der Waals surface area (Å²) in [4.78, 5) is 15.2. The molecule has 3 fully saturated rings. The Morgan fingerprint density at radius 2 is 1.67 bits per heavy atom. The van der Waals surface area contributed by atoms with Crippen LogP contribution in [0.5, 0.6) is 0 Å². The molecule has 4 unspecified atom stereocenters. The van der Waals surface area contributed by atoms with Crippen molar-refractivity contribution >= 4 is 15.9 Å². The highest BCUT2D eigenvalue weighted by Crippen LogP contribution is 2.40. The minimum atomic E-state index is -3.28. The summed E-state index contributed by atoms with van der Waals surface area (Å²) < 4.78 is 27.6. The number of hydrogen-bond acceptors (Lipinski definition) is 5. The third-order valence-corrected chi connectivity index (χ3v) is 9.97. The van der Waals surface area contributed by atoms with Crippen LogP contribution in [0.4, 0.5) is 0 Å². The highest BCUT2D eigenvalue weighted by Gasteiger charge is 2.48. The SMILES string of the molecule is CCN(CC)C(=O)C1C(C)NN2CCC(C3CCN(S(=O)(=O)Cc4ccccc4)CC3)CC12. The number of hydrazine groups is 1.